The van der Waals surface area contributed by atoms with Crippen molar-refractivity contribution in [2.75, 3.05) is 17.7 Å². The van der Waals surface area contributed by atoms with Gasteiger partial charge in [-0.05, 0) is 54.5 Å². The van der Waals surface area contributed by atoms with E-state index in [9.17, 15) is 18.0 Å². The highest BCUT2D eigenvalue weighted by Crippen LogP contribution is 2.44. The number of aryl methyl sites for hydroxylation is 1. The molecule has 8 nitrogen and oxygen atoms in total. The minimum absolute atomic E-state index is 0.0312. The zero-order valence-electron chi connectivity index (χ0n) is 18.8. The van der Waals surface area contributed by atoms with Gasteiger partial charge in [-0.2, -0.15) is 18.3 Å². The van der Waals surface area contributed by atoms with Gasteiger partial charge in [0.25, 0.3) is 5.91 Å². The SMILES string of the molecule is COc1ccc([C@H]2C[C@@H](C(F)(F)F)n3ncc(C(=O)NNC(=S)Nc4cccc(C)c4)c3N2)cc1. The number of benzene rings is 2. The minimum Gasteiger partial charge on any atom is -0.497 e. The molecule has 2 heterocycles. The molecule has 4 rings (SSSR count). The highest BCUT2D eigenvalue weighted by Gasteiger charge is 2.47. The van der Waals surface area contributed by atoms with Gasteiger partial charge in [0.05, 0.1) is 19.3 Å². The van der Waals surface area contributed by atoms with Crippen molar-refractivity contribution in [1.82, 2.24) is 20.6 Å². The molecule has 3 aromatic rings. The number of amides is 1. The predicted molar refractivity (Wildman–Crippen MR) is 129 cm³/mol. The molecule has 0 spiro atoms. The number of carbonyl (C=O) groups excluding carboxylic acids is 1. The quantitative estimate of drug-likeness (QED) is 0.307. The van der Waals surface area contributed by atoms with Crippen LogP contribution in [-0.4, -0.2) is 34.1 Å². The van der Waals surface area contributed by atoms with Gasteiger partial charge < -0.3 is 15.4 Å². The summed E-state index contributed by atoms with van der Waals surface area (Å²) in [6, 6.07) is 11.6. The van der Waals surface area contributed by atoms with Crippen LogP contribution in [0, 0.1) is 6.92 Å². The Morgan fingerprint density at radius 3 is 2.60 bits per heavy atom. The number of thiocarbonyl (C=S) groups is 1. The average molecular weight is 505 g/mol. The monoisotopic (exact) mass is 504 g/mol. The maximum atomic E-state index is 13.9. The second-order valence-electron chi connectivity index (χ2n) is 8.02. The van der Waals surface area contributed by atoms with Crippen molar-refractivity contribution in [3.8, 4) is 5.75 Å². The summed E-state index contributed by atoms with van der Waals surface area (Å²) in [6.07, 6.45) is -3.74. The number of alkyl halides is 3. The molecule has 1 aromatic heterocycles. The van der Waals surface area contributed by atoms with Crippen molar-refractivity contribution in [3.05, 3.63) is 71.4 Å². The molecule has 1 aliphatic heterocycles. The Labute approximate surface area is 204 Å². The lowest BCUT2D eigenvalue weighted by Gasteiger charge is -2.34. The fraction of sp³-hybridized carbons (Fsp3) is 0.261. The molecule has 0 aliphatic carbocycles. The van der Waals surface area contributed by atoms with E-state index in [0.29, 0.717) is 11.3 Å². The number of halogens is 3. The summed E-state index contributed by atoms with van der Waals surface area (Å²) in [4.78, 5) is 12.8. The van der Waals surface area contributed by atoms with E-state index in [1.54, 1.807) is 30.3 Å². The molecule has 2 aromatic carbocycles. The summed E-state index contributed by atoms with van der Waals surface area (Å²) in [5, 5.41) is 9.94. The summed E-state index contributed by atoms with van der Waals surface area (Å²) in [5.41, 5.74) is 7.28. The molecule has 0 unspecified atom stereocenters. The van der Waals surface area contributed by atoms with E-state index in [1.165, 1.54) is 7.11 Å². The largest absolute Gasteiger partial charge is 0.497 e. The zero-order valence-corrected chi connectivity index (χ0v) is 19.6. The normalized spacial score (nSPS) is 17.1. The van der Waals surface area contributed by atoms with Gasteiger partial charge in [0, 0.05) is 12.1 Å². The first kappa shape index (κ1) is 24.3. The van der Waals surface area contributed by atoms with Crippen LogP contribution >= 0.6 is 12.2 Å². The van der Waals surface area contributed by atoms with Gasteiger partial charge >= 0.3 is 6.18 Å². The lowest BCUT2D eigenvalue weighted by atomic mass is 9.96. The predicted octanol–water partition coefficient (Wildman–Crippen LogP) is 4.49. The topological polar surface area (TPSA) is 92.2 Å². The van der Waals surface area contributed by atoms with Gasteiger partial charge in [-0.15, -0.1) is 0 Å². The Morgan fingerprint density at radius 2 is 1.94 bits per heavy atom. The standard InChI is InChI=1S/C23H23F3N6O2S/c1-13-4-3-5-15(10-13)28-22(35)31-30-21(33)17-12-27-32-19(23(24,25)26)11-18(29-20(17)32)14-6-8-16(34-2)9-7-14/h3-10,12,18-19,29H,11H2,1-2H3,(H,30,33)(H2,28,31,35)/t18-,19+/m1/s1. The first-order valence-corrected chi connectivity index (χ1v) is 11.0. The van der Waals surface area contributed by atoms with Crippen LogP contribution in [0.2, 0.25) is 0 Å². The summed E-state index contributed by atoms with van der Waals surface area (Å²) >= 11 is 5.19. The van der Waals surface area contributed by atoms with E-state index < -0.39 is 24.2 Å². The van der Waals surface area contributed by atoms with E-state index in [1.807, 2.05) is 25.1 Å². The number of aromatic nitrogens is 2. The fourth-order valence-electron chi connectivity index (χ4n) is 3.85. The van der Waals surface area contributed by atoms with Gasteiger partial charge in [0.1, 0.15) is 17.1 Å². The van der Waals surface area contributed by atoms with Crippen molar-refractivity contribution < 1.29 is 22.7 Å². The van der Waals surface area contributed by atoms with Crippen molar-refractivity contribution in [1.29, 1.82) is 0 Å². The number of nitrogens with zero attached hydrogens (tertiary/aromatic N) is 2. The van der Waals surface area contributed by atoms with Crippen LogP contribution in [0.5, 0.6) is 5.75 Å². The number of hydrogen-bond acceptors (Lipinski definition) is 5. The maximum absolute atomic E-state index is 13.9. The average Bonchev–Trinajstić information content (AvgIpc) is 3.25. The number of nitrogens with one attached hydrogen (secondary N) is 4. The summed E-state index contributed by atoms with van der Waals surface area (Å²) < 4.78 is 47.6. The first-order valence-electron chi connectivity index (χ1n) is 10.6. The van der Waals surface area contributed by atoms with E-state index in [0.717, 1.165) is 22.1 Å². The third-order valence-electron chi connectivity index (χ3n) is 5.57. The van der Waals surface area contributed by atoms with Crippen LogP contribution in [0.25, 0.3) is 0 Å². The van der Waals surface area contributed by atoms with E-state index in [2.05, 4.69) is 26.6 Å². The minimum atomic E-state index is -4.56. The molecule has 0 radical (unpaired) electrons. The van der Waals surface area contributed by atoms with Crippen molar-refractivity contribution >= 4 is 34.7 Å². The number of methoxy groups -OCH3 is 1. The number of fused-ring (bicyclic) bond motifs is 1. The molecule has 0 saturated heterocycles. The Balaban J connectivity index is 1.51. The lowest BCUT2D eigenvalue weighted by Crippen LogP contribution is -2.44. The van der Waals surface area contributed by atoms with Crippen LogP contribution in [-0.2, 0) is 0 Å². The molecule has 35 heavy (non-hydrogen) atoms. The number of ether oxygens (including phenoxy) is 1. The number of rotatable bonds is 4. The van der Waals surface area contributed by atoms with Crippen molar-refractivity contribution in [2.24, 2.45) is 0 Å². The van der Waals surface area contributed by atoms with Crippen LogP contribution < -0.4 is 26.2 Å². The smallest absolute Gasteiger partial charge is 0.410 e. The van der Waals surface area contributed by atoms with Crippen LogP contribution in [0.15, 0.2) is 54.7 Å². The second kappa shape index (κ2) is 9.82. The number of carbonyl (C=O) groups is 1. The third kappa shape index (κ3) is 5.48. The van der Waals surface area contributed by atoms with Gasteiger partial charge in [0.15, 0.2) is 11.2 Å². The van der Waals surface area contributed by atoms with Gasteiger partial charge in [-0.1, -0.05) is 24.3 Å². The van der Waals surface area contributed by atoms with Crippen LogP contribution in [0.4, 0.5) is 24.7 Å². The fourth-order valence-corrected chi connectivity index (χ4v) is 4.02. The van der Waals surface area contributed by atoms with Crippen molar-refractivity contribution in [3.63, 3.8) is 0 Å². The van der Waals surface area contributed by atoms with Gasteiger partial charge in [-0.25, -0.2) is 4.68 Å². The Kier molecular flexibility index (Phi) is 6.83. The number of hydrazine groups is 1. The van der Waals surface area contributed by atoms with Gasteiger partial charge in [0.2, 0.25) is 0 Å². The molecule has 184 valence electrons. The molecule has 0 bridgehead atoms. The van der Waals surface area contributed by atoms with Crippen LogP contribution in [0.3, 0.4) is 0 Å². The third-order valence-corrected chi connectivity index (χ3v) is 5.77. The molecule has 0 saturated carbocycles. The Morgan fingerprint density at radius 1 is 1.20 bits per heavy atom. The number of hydrogen-bond donors (Lipinski definition) is 4. The summed E-state index contributed by atoms with van der Waals surface area (Å²) in [7, 11) is 1.51. The molecule has 1 aliphatic rings. The summed E-state index contributed by atoms with van der Waals surface area (Å²) in [6.45, 7) is 1.92. The number of anilines is 2. The molecule has 1 amide bonds. The second-order valence-corrected chi connectivity index (χ2v) is 8.43. The molecular weight excluding hydrogens is 481 g/mol. The molecule has 2 atom stereocenters. The molecule has 0 fully saturated rings. The molecule has 4 N–H and O–H groups in total. The Bertz CT molecular complexity index is 1230. The van der Waals surface area contributed by atoms with E-state index in [-0.39, 0.29) is 22.9 Å². The first-order chi connectivity index (χ1) is 16.7. The summed E-state index contributed by atoms with van der Waals surface area (Å²) in [5.74, 6) is -0.136. The molecular formula is C23H23F3N6O2S. The Hall–Kier alpha value is -3.80. The van der Waals surface area contributed by atoms with E-state index >= 15 is 0 Å². The zero-order chi connectivity index (χ0) is 25.2. The lowest BCUT2D eigenvalue weighted by molar-refractivity contribution is -0.173. The van der Waals surface area contributed by atoms with E-state index in [4.69, 9.17) is 17.0 Å². The van der Waals surface area contributed by atoms with Gasteiger partial charge in [-0.3, -0.25) is 15.6 Å². The highest BCUT2D eigenvalue weighted by molar-refractivity contribution is 7.80. The molecule has 12 heteroatoms. The van der Waals surface area contributed by atoms with Crippen LogP contribution in [0.1, 0.15) is 40.0 Å². The maximum Gasteiger partial charge on any atom is 0.410 e. The van der Waals surface area contributed by atoms with Crippen molar-refractivity contribution in [2.45, 2.75) is 31.6 Å². The highest BCUT2D eigenvalue weighted by atomic mass is 32.1.